The van der Waals surface area contributed by atoms with Gasteiger partial charge in [-0.05, 0) is 75.7 Å². The van der Waals surface area contributed by atoms with Crippen molar-refractivity contribution < 1.29 is 14.3 Å². The first-order valence-corrected chi connectivity index (χ1v) is 15.4. The van der Waals surface area contributed by atoms with Crippen LogP contribution in [-0.4, -0.2) is 82.4 Å². The Morgan fingerprint density at radius 1 is 1.20 bits per heavy atom. The lowest BCUT2D eigenvalue weighted by Gasteiger charge is -2.33. The van der Waals surface area contributed by atoms with E-state index in [1.165, 1.54) is 0 Å². The van der Waals surface area contributed by atoms with Gasteiger partial charge in [0.1, 0.15) is 12.4 Å². The zero-order valence-corrected chi connectivity index (χ0v) is 25.9. The Morgan fingerprint density at radius 2 is 2.05 bits per heavy atom. The summed E-state index contributed by atoms with van der Waals surface area (Å²) < 4.78 is 13.9. The Bertz CT molecular complexity index is 1710. The van der Waals surface area contributed by atoms with Gasteiger partial charge in [0.2, 0.25) is 0 Å². The van der Waals surface area contributed by atoms with Crippen LogP contribution >= 0.6 is 0 Å². The second kappa shape index (κ2) is 12.4. The third kappa shape index (κ3) is 6.32. The van der Waals surface area contributed by atoms with E-state index in [1.54, 1.807) is 0 Å². The van der Waals surface area contributed by atoms with E-state index in [9.17, 15) is 10.1 Å². The Morgan fingerprint density at radius 3 is 2.82 bits per heavy atom. The number of aromatic nitrogens is 4. The highest BCUT2D eigenvalue weighted by Gasteiger charge is 2.27. The summed E-state index contributed by atoms with van der Waals surface area (Å²) in [5.74, 6) is 0.923. The number of ether oxygens (including phenoxy) is 2. The van der Waals surface area contributed by atoms with E-state index in [4.69, 9.17) is 24.5 Å². The maximum Gasteiger partial charge on any atom is 0.336 e. The van der Waals surface area contributed by atoms with Crippen molar-refractivity contribution in [3.63, 3.8) is 0 Å². The Labute approximate surface area is 257 Å². The summed E-state index contributed by atoms with van der Waals surface area (Å²) in [5, 5.41) is 19.6. The highest BCUT2D eigenvalue weighted by Crippen LogP contribution is 2.30. The molecular formula is C33H40N8O3. The van der Waals surface area contributed by atoms with Gasteiger partial charge in [0.25, 0.3) is 0 Å². The van der Waals surface area contributed by atoms with Gasteiger partial charge in [-0.15, -0.1) is 5.10 Å². The van der Waals surface area contributed by atoms with E-state index in [0.717, 1.165) is 54.5 Å². The average Bonchev–Trinajstić information content (AvgIpc) is 3.61. The molecule has 2 fully saturated rings. The van der Waals surface area contributed by atoms with Crippen molar-refractivity contribution in [2.24, 2.45) is 5.41 Å². The molecule has 4 aromatic rings. The number of hydrogen-bond acceptors (Lipinski definition) is 10. The second-order valence-corrected chi connectivity index (χ2v) is 12.9. The number of rotatable bonds is 8. The number of piperazine rings is 1. The molecule has 2 aliphatic rings. The molecule has 2 aromatic carbocycles. The number of imidazole rings is 1. The number of likely N-dealkylation sites (tertiary alicyclic amines) is 1. The minimum Gasteiger partial charge on any atom is -0.461 e. The number of nitriles is 1. The molecule has 1 N–H and O–H groups in total. The van der Waals surface area contributed by atoms with E-state index in [0.29, 0.717) is 55.3 Å². The van der Waals surface area contributed by atoms with Crippen LogP contribution < -0.4 is 19.7 Å². The SMILES string of the molecule is CN1CCCC1COc1nc(N2CCNC(CC#N)C2)c2ncc(Cc3cc(OC(=O)C(C)(C)C)cc4ccccc34)n2n1. The quantitative estimate of drug-likeness (QED) is 0.236. The Kier molecular flexibility index (Phi) is 8.38. The van der Waals surface area contributed by atoms with E-state index < -0.39 is 5.41 Å². The molecule has 0 aliphatic carbocycles. The maximum absolute atomic E-state index is 12.7. The number of nitrogens with zero attached hydrogens (tertiary/aromatic N) is 7. The number of likely N-dealkylation sites (N-methyl/N-ethyl adjacent to an activating group) is 1. The largest absolute Gasteiger partial charge is 0.461 e. The third-order valence-electron chi connectivity index (χ3n) is 8.48. The standard InChI is InChI=1S/C33H40N8O3/c1-33(2,3)31(42)44-27-17-22-8-5-6-10-28(22)23(18-27)16-26-19-36-29-30(40-15-13-35-24(20-40)11-12-34)37-32(38-41(26)29)43-21-25-9-7-14-39(25)4/h5-6,8,10,17-19,24-25,35H,7,9,11,13-16,20-21H2,1-4H3. The van der Waals surface area contributed by atoms with Gasteiger partial charge < -0.3 is 24.6 Å². The van der Waals surface area contributed by atoms with Crippen molar-refractivity contribution in [2.75, 3.05) is 44.7 Å². The topological polar surface area (TPSA) is 121 Å². The molecule has 0 bridgehead atoms. The molecular weight excluding hydrogens is 556 g/mol. The monoisotopic (exact) mass is 596 g/mol. The van der Waals surface area contributed by atoms with E-state index >= 15 is 0 Å². The van der Waals surface area contributed by atoms with Crippen LogP contribution in [0.5, 0.6) is 11.8 Å². The minimum absolute atomic E-state index is 0.0413. The van der Waals surface area contributed by atoms with Gasteiger partial charge in [0, 0.05) is 38.1 Å². The molecule has 0 spiro atoms. The molecule has 0 amide bonds. The summed E-state index contributed by atoms with van der Waals surface area (Å²) in [4.78, 5) is 26.9. The number of nitrogens with one attached hydrogen (secondary N) is 1. The fourth-order valence-electron chi connectivity index (χ4n) is 5.93. The van der Waals surface area contributed by atoms with Crippen LogP contribution in [-0.2, 0) is 11.2 Å². The van der Waals surface area contributed by atoms with E-state index in [1.807, 2.05) is 61.8 Å². The molecule has 11 nitrogen and oxygen atoms in total. The van der Waals surface area contributed by atoms with E-state index in [2.05, 4.69) is 34.3 Å². The molecule has 2 saturated heterocycles. The predicted octanol–water partition coefficient (Wildman–Crippen LogP) is 3.98. The van der Waals surface area contributed by atoms with Crippen LogP contribution in [0.2, 0.25) is 0 Å². The second-order valence-electron chi connectivity index (χ2n) is 12.9. The summed E-state index contributed by atoms with van der Waals surface area (Å²) >= 11 is 0. The molecule has 0 saturated carbocycles. The number of hydrogen-bond donors (Lipinski definition) is 1. The summed E-state index contributed by atoms with van der Waals surface area (Å²) in [6, 6.07) is 14.9. The average molecular weight is 597 g/mol. The van der Waals surface area contributed by atoms with Gasteiger partial charge in [-0.3, -0.25) is 4.79 Å². The Hall–Kier alpha value is -4.27. The van der Waals surface area contributed by atoms with E-state index in [-0.39, 0.29) is 12.0 Å². The van der Waals surface area contributed by atoms with Crippen LogP contribution in [0.3, 0.4) is 0 Å². The molecule has 2 aromatic heterocycles. The van der Waals surface area contributed by atoms with Crippen LogP contribution in [0.15, 0.2) is 42.6 Å². The number of carbonyl (C=O) groups is 1. The van der Waals surface area contributed by atoms with Crippen LogP contribution in [0.25, 0.3) is 16.4 Å². The van der Waals surface area contributed by atoms with Gasteiger partial charge in [0.05, 0.1) is 29.8 Å². The molecule has 2 atom stereocenters. The molecule has 6 rings (SSSR count). The summed E-state index contributed by atoms with van der Waals surface area (Å²) in [6.07, 6.45) is 4.99. The summed E-state index contributed by atoms with van der Waals surface area (Å²) in [7, 11) is 2.12. The lowest BCUT2D eigenvalue weighted by atomic mass is 9.97. The number of carbonyl (C=O) groups excluding carboxylic acids is 1. The first-order valence-electron chi connectivity index (χ1n) is 15.4. The maximum atomic E-state index is 12.7. The molecule has 11 heteroatoms. The molecule has 2 aliphatic heterocycles. The lowest BCUT2D eigenvalue weighted by Crippen LogP contribution is -2.51. The number of anilines is 1. The van der Waals surface area contributed by atoms with Crippen LogP contribution in [0.1, 0.15) is 51.3 Å². The highest BCUT2D eigenvalue weighted by atomic mass is 16.5. The summed E-state index contributed by atoms with van der Waals surface area (Å²) in [5.41, 5.74) is 1.87. The van der Waals surface area contributed by atoms with Gasteiger partial charge in [-0.2, -0.15) is 10.2 Å². The highest BCUT2D eigenvalue weighted by molar-refractivity contribution is 5.88. The molecule has 4 heterocycles. The van der Waals surface area contributed by atoms with Crippen molar-refractivity contribution in [2.45, 2.75) is 58.5 Å². The fraction of sp³-hybridized carbons (Fsp3) is 0.485. The first-order chi connectivity index (χ1) is 21.2. The Balaban J connectivity index is 1.38. The molecule has 0 radical (unpaired) electrons. The first kappa shape index (κ1) is 29.8. The van der Waals surface area contributed by atoms with Gasteiger partial charge in [-0.25, -0.2) is 9.50 Å². The van der Waals surface area contributed by atoms with Crippen molar-refractivity contribution in [1.29, 1.82) is 5.26 Å². The van der Waals surface area contributed by atoms with Crippen molar-refractivity contribution in [3.8, 4) is 17.8 Å². The third-order valence-corrected chi connectivity index (χ3v) is 8.48. The molecule has 44 heavy (non-hydrogen) atoms. The van der Waals surface area contributed by atoms with Crippen LogP contribution in [0, 0.1) is 16.7 Å². The molecule has 2 unspecified atom stereocenters. The minimum atomic E-state index is -0.624. The van der Waals surface area contributed by atoms with Gasteiger partial charge in [-0.1, -0.05) is 24.3 Å². The van der Waals surface area contributed by atoms with Gasteiger partial charge in [0.15, 0.2) is 11.5 Å². The summed E-state index contributed by atoms with van der Waals surface area (Å²) in [6.45, 7) is 9.21. The number of benzene rings is 2. The van der Waals surface area contributed by atoms with Crippen molar-refractivity contribution in [1.82, 2.24) is 29.8 Å². The smallest absolute Gasteiger partial charge is 0.336 e. The normalized spacial score (nSPS) is 19.4. The predicted molar refractivity (Wildman–Crippen MR) is 168 cm³/mol. The van der Waals surface area contributed by atoms with Gasteiger partial charge >= 0.3 is 12.0 Å². The zero-order valence-electron chi connectivity index (χ0n) is 25.9. The number of esters is 1. The van der Waals surface area contributed by atoms with Crippen molar-refractivity contribution >= 4 is 28.2 Å². The number of fused-ring (bicyclic) bond motifs is 2. The van der Waals surface area contributed by atoms with Crippen LogP contribution in [0.4, 0.5) is 5.82 Å². The zero-order chi connectivity index (χ0) is 30.8. The lowest BCUT2D eigenvalue weighted by molar-refractivity contribution is -0.142. The molecule has 230 valence electrons. The van der Waals surface area contributed by atoms with Crippen molar-refractivity contribution in [3.05, 3.63) is 53.9 Å². The fourth-order valence-corrected chi connectivity index (χ4v) is 5.93.